The van der Waals surface area contributed by atoms with Crippen molar-refractivity contribution in [2.24, 2.45) is 5.92 Å². The van der Waals surface area contributed by atoms with Crippen LogP contribution in [0.15, 0.2) is 29.2 Å². The molecule has 4 nitrogen and oxygen atoms in total. The Morgan fingerprint density at radius 2 is 1.81 bits per heavy atom. The Hall–Kier alpha value is -1.07. The predicted octanol–water partition coefficient (Wildman–Crippen LogP) is 2.83. The van der Waals surface area contributed by atoms with E-state index < -0.39 is 9.84 Å². The Labute approximate surface area is 127 Å². The lowest BCUT2D eigenvalue weighted by Gasteiger charge is -2.25. The molecule has 21 heavy (non-hydrogen) atoms. The third-order valence-electron chi connectivity index (χ3n) is 4.34. The standard InChI is InChI=1S/C16H25NO3S/c1-2-21(19,20)15-10-8-14(9-11-15)17-16-7-5-3-4-6-13(16)12-18/h8-11,13,16-18H,2-7,12H2,1H3/t13-,16+/m1/s1. The van der Waals surface area contributed by atoms with E-state index in [1.165, 1.54) is 19.3 Å². The van der Waals surface area contributed by atoms with Crippen LogP contribution in [0.3, 0.4) is 0 Å². The van der Waals surface area contributed by atoms with Crippen LogP contribution in [-0.2, 0) is 9.84 Å². The largest absolute Gasteiger partial charge is 0.396 e. The predicted molar refractivity (Wildman–Crippen MR) is 85.2 cm³/mol. The van der Waals surface area contributed by atoms with Gasteiger partial charge in [0.2, 0.25) is 0 Å². The van der Waals surface area contributed by atoms with Crippen molar-refractivity contribution in [3.8, 4) is 0 Å². The molecule has 0 radical (unpaired) electrons. The third-order valence-corrected chi connectivity index (χ3v) is 6.09. The fraction of sp³-hybridized carbons (Fsp3) is 0.625. The highest BCUT2D eigenvalue weighted by atomic mass is 32.2. The molecule has 2 N–H and O–H groups in total. The second-order valence-electron chi connectivity index (χ2n) is 5.76. The first kappa shape index (κ1) is 16.3. The van der Waals surface area contributed by atoms with Crippen LogP contribution >= 0.6 is 0 Å². The molecular weight excluding hydrogens is 286 g/mol. The van der Waals surface area contributed by atoms with Crippen LogP contribution in [0.25, 0.3) is 0 Å². The maximum atomic E-state index is 11.8. The molecule has 0 amide bonds. The third kappa shape index (κ3) is 4.20. The van der Waals surface area contributed by atoms with Crippen LogP contribution in [0, 0.1) is 5.92 Å². The summed E-state index contributed by atoms with van der Waals surface area (Å²) in [4.78, 5) is 0.370. The van der Waals surface area contributed by atoms with Crippen molar-refractivity contribution in [1.82, 2.24) is 0 Å². The second kappa shape index (κ2) is 7.27. The minimum absolute atomic E-state index is 0.120. The van der Waals surface area contributed by atoms with Gasteiger partial charge in [0, 0.05) is 24.3 Å². The lowest BCUT2D eigenvalue weighted by atomic mass is 9.95. The Morgan fingerprint density at radius 3 is 2.43 bits per heavy atom. The Balaban J connectivity index is 2.08. The monoisotopic (exact) mass is 311 g/mol. The summed E-state index contributed by atoms with van der Waals surface area (Å²) in [5.74, 6) is 0.404. The van der Waals surface area contributed by atoms with Crippen LogP contribution < -0.4 is 5.32 Å². The lowest BCUT2D eigenvalue weighted by molar-refractivity contribution is 0.203. The molecule has 0 saturated heterocycles. The molecule has 1 aromatic rings. The molecule has 1 saturated carbocycles. The molecule has 0 spiro atoms. The van der Waals surface area contributed by atoms with E-state index in [-0.39, 0.29) is 24.3 Å². The molecule has 5 heteroatoms. The SMILES string of the molecule is CCS(=O)(=O)c1ccc(N[C@H]2CCCCC[C@@H]2CO)cc1. The molecule has 0 aliphatic heterocycles. The summed E-state index contributed by atoms with van der Waals surface area (Å²) in [6.07, 6.45) is 5.69. The fourth-order valence-corrected chi connectivity index (χ4v) is 3.82. The number of hydrogen-bond donors (Lipinski definition) is 2. The Morgan fingerprint density at radius 1 is 1.14 bits per heavy atom. The molecule has 1 aliphatic rings. The van der Waals surface area contributed by atoms with E-state index in [1.54, 1.807) is 19.1 Å². The maximum Gasteiger partial charge on any atom is 0.178 e. The first-order chi connectivity index (χ1) is 10.1. The van der Waals surface area contributed by atoms with Crippen molar-refractivity contribution >= 4 is 15.5 Å². The van der Waals surface area contributed by atoms with Crippen molar-refractivity contribution in [3.63, 3.8) is 0 Å². The van der Waals surface area contributed by atoms with Gasteiger partial charge in [-0.3, -0.25) is 0 Å². The van der Waals surface area contributed by atoms with Gasteiger partial charge in [0.15, 0.2) is 9.84 Å². The van der Waals surface area contributed by atoms with E-state index in [0.29, 0.717) is 4.90 Å². The zero-order chi connectivity index (χ0) is 15.3. The average Bonchev–Trinajstić information content (AvgIpc) is 2.73. The molecule has 1 aromatic carbocycles. The smallest absolute Gasteiger partial charge is 0.178 e. The van der Waals surface area contributed by atoms with Gasteiger partial charge in [-0.25, -0.2) is 8.42 Å². The zero-order valence-electron chi connectivity index (χ0n) is 12.6. The molecule has 0 heterocycles. The quantitative estimate of drug-likeness (QED) is 0.821. The van der Waals surface area contributed by atoms with Crippen molar-refractivity contribution in [3.05, 3.63) is 24.3 Å². The van der Waals surface area contributed by atoms with Gasteiger partial charge < -0.3 is 10.4 Å². The van der Waals surface area contributed by atoms with E-state index in [4.69, 9.17) is 0 Å². The Kier molecular flexibility index (Phi) is 5.65. The first-order valence-electron chi connectivity index (χ1n) is 7.77. The number of hydrogen-bond acceptors (Lipinski definition) is 4. The highest BCUT2D eigenvalue weighted by Crippen LogP contribution is 2.26. The van der Waals surface area contributed by atoms with E-state index in [9.17, 15) is 13.5 Å². The number of anilines is 1. The zero-order valence-corrected chi connectivity index (χ0v) is 13.4. The number of aliphatic hydroxyl groups excluding tert-OH is 1. The summed E-state index contributed by atoms with van der Waals surface area (Å²) in [5, 5.41) is 13.0. The Bertz CT molecular complexity index is 539. The van der Waals surface area contributed by atoms with Crippen molar-refractivity contribution < 1.29 is 13.5 Å². The molecule has 0 unspecified atom stereocenters. The van der Waals surface area contributed by atoms with Gasteiger partial charge in [-0.05, 0) is 37.1 Å². The minimum atomic E-state index is -3.14. The van der Waals surface area contributed by atoms with Gasteiger partial charge in [0.05, 0.1) is 10.6 Å². The molecular formula is C16H25NO3S. The first-order valence-corrected chi connectivity index (χ1v) is 9.42. The van der Waals surface area contributed by atoms with E-state index in [1.807, 2.05) is 12.1 Å². The van der Waals surface area contributed by atoms with Crippen LogP contribution in [0.5, 0.6) is 0 Å². The summed E-state index contributed by atoms with van der Waals surface area (Å²) in [5.41, 5.74) is 0.926. The second-order valence-corrected chi connectivity index (χ2v) is 8.04. The average molecular weight is 311 g/mol. The van der Waals surface area contributed by atoms with Gasteiger partial charge >= 0.3 is 0 Å². The number of sulfone groups is 1. The van der Waals surface area contributed by atoms with Crippen LogP contribution in [0.4, 0.5) is 5.69 Å². The van der Waals surface area contributed by atoms with Crippen LogP contribution in [-0.4, -0.2) is 31.9 Å². The molecule has 2 rings (SSSR count). The normalized spacial score (nSPS) is 23.5. The van der Waals surface area contributed by atoms with E-state index >= 15 is 0 Å². The topological polar surface area (TPSA) is 66.4 Å². The van der Waals surface area contributed by atoms with Gasteiger partial charge in [-0.1, -0.05) is 26.2 Å². The highest BCUT2D eigenvalue weighted by Gasteiger charge is 2.23. The van der Waals surface area contributed by atoms with Gasteiger partial charge in [0.1, 0.15) is 0 Å². The number of rotatable bonds is 5. The molecule has 1 aliphatic carbocycles. The van der Waals surface area contributed by atoms with Crippen molar-refractivity contribution in [1.29, 1.82) is 0 Å². The van der Waals surface area contributed by atoms with E-state index in [0.717, 1.165) is 18.5 Å². The van der Waals surface area contributed by atoms with Crippen LogP contribution in [0.2, 0.25) is 0 Å². The summed E-state index contributed by atoms with van der Waals surface area (Å²) in [7, 11) is -3.14. The number of aliphatic hydroxyl groups is 1. The maximum absolute atomic E-state index is 11.8. The molecule has 1 fully saturated rings. The van der Waals surface area contributed by atoms with Gasteiger partial charge in [-0.2, -0.15) is 0 Å². The van der Waals surface area contributed by atoms with Gasteiger partial charge in [0.25, 0.3) is 0 Å². The fourth-order valence-electron chi connectivity index (χ4n) is 2.93. The number of benzene rings is 1. The van der Waals surface area contributed by atoms with Gasteiger partial charge in [-0.15, -0.1) is 0 Å². The van der Waals surface area contributed by atoms with Crippen LogP contribution in [0.1, 0.15) is 39.0 Å². The van der Waals surface area contributed by atoms with E-state index in [2.05, 4.69) is 5.32 Å². The summed E-state index contributed by atoms with van der Waals surface area (Å²) in [6, 6.07) is 7.23. The molecule has 0 bridgehead atoms. The van der Waals surface area contributed by atoms with Crippen molar-refractivity contribution in [2.75, 3.05) is 17.7 Å². The molecule has 0 aromatic heterocycles. The number of nitrogens with one attached hydrogen (secondary N) is 1. The van der Waals surface area contributed by atoms with Crippen molar-refractivity contribution in [2.45, 2.75) is 50.0 Å². The minimum Gasteiger partial charge on any atom is -0.396 e. The summed E-state index contributed by atoms with van der Waals surface area (Å²) >= 11 is 0. The summed E-state index contributed by atoms with van der Waals surface area (Å²) < 4.78 is 23.6. The summed E-state index contributed by atoms with van der Waals surface area (Å²) in [6.45, 7) is 1.86. The molecule has 2 atom stereocenters. The molecule has 118 valence electrons. The lowest BCUT2D eigenvalue weighted by Crippen LogP contribution is -2.30. The highest BCUT2D eigenvalue weighted by molar-refractivity contribution is 7.91.